The Morgan fingerprint density at radius 1 is 0.963 bits per heavy atom. The molecule has 0 spiro atoms. The van der Waals surface area contributed by atoms with E-state index in [-0.39, 0.29) is 17.6 Å². The molecular weight excluding hydrogens is 366 g/mol. The second-order valence-electron chi connectivity index (χ2n) is 5.33. The van der Waals surface area contributed by atoms with Gasteiger partial charge in [-0.2, -0.15) is 4.80 Å². The first-order valence-corrected chi connectivity index (χ1v) is 8.31. The second kappa shape index (κ2) is 8.63. The lowest BCUT2D eigenvalue weighted by atomic mass is 10.2. The zero-order valence-electron chi connectivity index (χ0n) is 14.0. The van der Waals surface area contributed by atoms with Gasteiger partial charge in [0, 0.05) is 11.1 Å². The van der Waals surface area contributed by atoms with Gasteiger partial charge < -0.3 is 0 Å². The first-order valence-electron chi connectivity index (χ1n) is 7.90. The van der Waals surface area contributed by atoms with Gasteiger partial charge in [-0.1, -0.05) is 48.5 Å². The van der Waals surface area contributed by atoms with Crippen LogP contribution in [0.25, 0.3) is 11.4 Å². The van der Waals surface area contributed by atoms with Crippen LogP contribution in [0.1, 0.15) is 10.4 Å². The lowest BCUT2D eigenvalue weighted by molar-refractivity contribution is -0.122. The highest BCUT2D eigenvalue weighted by molar-refractivity contribution is 7.80. The second-order valence-corrected chi connectivity index (χ2v) is 5.74. The van der Waals surface area contributed by atoms with Crippen LogP contribution in [0, 0.1) is 0 Å². The van der Waals surface area contributed by atoms with Crippen LogP contribution in [0.5, 0.6) is 0 Å². The van der Waals surface area contributed by atoms with Gasteiger partial charge in [-0.05, 0) is 29.6 Å². The first kappa shape index (κ1) is 18.1. The average Bonchev–Trinajstić information content (AvgIpc) is 3.16. The highest BCUT2D eigenvalue weighted by Gasteiger charge is 2.10. The van der Waals surface area contributed by atoms with Crippen LogP contribution in [-0.2, 0) is 11.3 Å². The third kappa shape index (κ3) is 5.16. The van der Waals surface area contributed by atoms with E-state index in [4.69, 9.17) is 12.2 Å². The van der Waals surface area contributed by atoms with Gasteiger partial charge in [-0.15, -0.1) is 10.2 Å². The summed E-state index contributed by atoms with van der Waals surface area (Å²) >= 11 is 4.97. The average molecular weight is 381 g/mol. The molecule has 0 fully saturated rings. The highest BCUT2D eigenvalue weighted by atomic mass is 32.1. The van der Waals surface area contributed by atoms with Gasteiger partial charge in [0.2, 0.25) is 5.82 Å². The molecule has 136 valence electrons. The van der Waals surface area contributed by atoms with Crippen LogP contribution >= 0.6 is 12.2 Å². The van der Waals surface area contributed by atoms with Crippen molar-refractivity contribution in [1.29, 1.82) is 0 Å². The van der Waals surface area contributed by atoms with Crippen molar-refractivity contribution in [1.82, 2.24) is 36.4 Å². The molecule has 0 radical (unpaired) electrons. The molecule has 10 heteroatoms. The molecule has 0 saturated carbocycles. The number of aromatic nitrogens is 4. The number of hydrazine groups is 1. The van der Waals surface area contributed by atoms with Gasteiger partial charge in [-0.3, -0.25) is 25.8 Å². The predicted octanol–water partition coefficient (Wildman–Crippen LogP) is 0.676. The minimum Gasteiger partial charge on any atom is -0.298 e. The van der Waals surface area contributed by atoms with Crippen molar-refractivity contribution in [3.8, 4) is 11.4 Å². The van der Waals surface area contributed by atoms with E-state index in [1.165, 1.54) is 0 Å². The standard InChI is InChI=1S/C17H15N7O2S/c25-14(11-24-22-15(20-23-24)12-7-3-1-4-8-12)19-21-17(27)18-16(26)13-9-5-2-6-10-13/h1-10H,11H2,(H,19,25)(H2,18,21,26,27). The molecule has 0 atom stereocenters. The van der Waals surface area contributed by atoms with Crippen molar-refractivity contribution in [2.75, 3.05) is 0 Å². The van der Waals surface area contributed by atoms with Gasteiger partial charge in [0.15, 0.2) is 5.11 Å². The number of nitrogens with one attached hydrogen (secondary N) is 3. The lowest BCUT2D eigenvalue weighted by Gasteiger charge is -2.10. The molecule has 0 aliphatic rings. The fraction of sp³-hybridized carbons (Fsp3) is 0.0588. The Morgan fingerprint density at radius 2 is 1.63 bits per heavy atom. The Bertz CT molecular complexity index is 944. The number of carbonyl (C=O) groups is 2. The number of hydrogen-bond acceptors (Lipinski definition) is 6. The van der Waals surface area contributed by atoms with E-state index in [0.717, 1.165) is 10.4 Å². The largest absolute Gasteiger partial charge is 0.298 e. The summed E-state index contributed by atoms with van der Waals surface area (Å²) < 4.78 is 0. The molecule has 0 saturated heterocycles. The SMILES string of the molecule is O=C(Cn1nnc(-c2ccccc2)n1)NNC(=S)NC(=O)c1ccccc1. The Morgan fingerprint density at radius 3 is 2.33 bits per heavy atom. The molecule has 2 amide bonds. The van der Waals surface area contributed by atoms with E-state index in [1.54, 1.807) is 30.3 Å². The van der Waals surface area contributed by atoms with E-state index in [2.05, 4.69) is 31.6 Å². The summed E-state index contributed by atoms with van der Waals surface area (Å²) in [5.74, 6) is -0.418. The molecule has 3 aromatic rings. The molecule has 0 aliphatic carbocycles. The molecule has 3 N–H and O–H groups in total. The molecule has 9 nitrogen and oxygen atoms in total. The van der Waals surface area contributed by atoms with Crippen molar-refractivity contribution in [2.45, 2.75) is 6.54 Å². The number of amides is 2. The van der Waals surface area contributed by atoms with Crippen LogP contribution in [0.15, 0.2) is 60.7 Å². The monoisotopic (exact) mass is 381 g/mol. The molecule has 0 bridgehead atoms. The van der Waals surface area contributed by atoms with E-state index >= 15 is 0 Å². The molecule has 2 aromatic carbocycles. The molecule has 27 heavy (non-hydrogen) atoms. The Kier molecular flexibility index (Phi) is 5.80. The van der Waals surface area contributed by atoms with Gasteiger partial charge in [0.25, 0.3) is 11.8 Å². The maximum atomic E-state index is 11.9. The third-order valence-corrected chi connectivity index (χ3v) is 3.55. The van der Waals surface area contributed by atoms with Gasteiger partial charge in [0.05, 0.1) is 0 Å². The van der Waals surface area contributed by atoms with Crippen molar-refractivity contribution < 1.29 is 9.59 Å². The van der Waals surface area contributed by atoms with Crippen LogP contribution in [-0.4, -0.2) is 37.1 Å². The Labute approximate surface area is 159 Å². The van der Waals surface area contributed by atoms with E-state index in [1.807, 2.05) is 30.3 Å². The molecular formula is C17H15N7O2S. The molecule has 1 heterocycles. The van der Waals surface area contributed by atoms with Crippen molar-refractivity contribution >= 4 is 29.1 Å². The minimum atomic E-state index is -0.455. The number of tetrazole rings is 1. The highest BCUT2D eigenvalue weighted by Crippen LogP contribution is 2.11. The fourth-order valence-corrected chi connectivity index (χ4v) is 2.25. The number of benzene rings is 2. The fourth-order valence-electron chi connectivity index (χ4n) is 2.10. The van der Waals surface area contributed by atoms with Crippen LogP contribution in [0.3, 0.4) is 0 Å². The number of nitrogens with zero attached hydrogens (tertiary/aromatic N) is 4. The number of carbonyl (C=O) groups excluding carboxylic acids is 2. The summed E-state index contributed by atoms with van der Waals surface area (Å²) in [6.45, 7) is -0.165. The number of thiocarbonyl (C=S) groups is 1. The van der Waals surface area contributed by atoms with Gasteiger partial charge in [-0.25, -0.2) is 0 Å². The molecule has 1 aromatic heterocycles. The van der Waals surface area contributed by atoms with Crippen LogP contribution in [0.2, 0.25) is 0 Å². The summed E-state index contributed by atoms with van der Waals surface area (Å²) in [4.78, 5) is 25.0. The van der Waals surface area contributed by atoms with E-state index in [9.17, 15) is 9.59 Å². The Hall–Kier alpha value is -3.66. The smallest absolute Gasteiger partial charge is 0.262 e. The van der Waals surface area contributed by atoms with Gasteiger partial charge in [0.1, 0.15) is 6.54 Å². The zero-order chi connectivity index (χ0) is 19.1. The predicted molar refractivity (Wildman–Crippen MR) is 101 cm³/mol. The number of hydrogen-bond donors (Lipinski definition) is 3. The first-order chi connectivity index (χ1) is 13.1. The lowest BCUT2D eigenvalue weighted by Crippen LogP contribution is -2.49. The molecule has 0 aliphatic heterocycles. The maximum absolute atomic E-state index is 11.9. The maximum Gasteiger partial charge on any atom is 0.262 e. The summed E-state index contributed by atoms with van der Waals surface area (Å²) in [5.41, 5.74) is 6.07. The van der Waals surface area contributed by atoms with E-state index < -0.39 is 5.91 Å². The Balaban J connectivity index is 1.46. The van der Waals surface area contributed by atoms with Crippen molar-refractivity contribution in [2.24, 2.45) is 0 Å². The summed E-state index contributed by atoms with van der Waals surface area (Å²) in [6, 6.07) is 17.9. The summed E-state index contributed by atoms with van der Waals surface area (Å²) in [6.07, 6.45) is 0. The quantitative estimate of drug-likeness (QED) is 0.450. The molecule has 3 rings (SSSR count). The number of rotatable bonds is 4. The van der Waals surface area contributed by atoms with Crippen LogP contribution in [0.4, 0.5) is 0 Å². The van der Waals surface area contributed by atoms with E-state index in [0.29, 0.717) is 11.4 Å². The summed E-state index contributed by atoms with van der Waals surface area (Å²) in [7, 11) is 0. The molecule has 0 unspecified atom stereocenters. The van der Waals surface area contributed by atoms with Crippen molar-refractivity contribution in [3.05, 3.63) is 66.2 Å². The summed E-state index contributed by atoms with van der Waals surface area (Å²) in [5, 5.41) is 14.3. The van der Waals surface area contributed by atoms with Crippen molar-refractivity contribution in [3.63, 3.8) is 0 Å². The normalized spacial score (nSPS) is 10.1. The topological polar surface area (TPSA) is 114 Å². The minimum absolute atomic E-state index is 0.0336. The van der Waals surface area contributed by atoms with Crippen LogP contribution < -0.4 is 16.2 Å². The zero-order valence-corrected chi connectivity index (χ0v) is 14.8. The third-order valence-electron chi connectivity index (χ3n) is 3.35. The van der Waals surface area contributed by atoms with Gasteiger partial charge >= 0.3 is 0 Å².